The van der Waals surface area contributed by atoms with Crippen LogP contribution in [-0.4, -0.2) is 41.7 Å². The molecule has 9 heteroatoms. The van der Waals surface area contributed by atoms with Gasteiger partial charge in [0.15, 0.2) is 17.5 Å². The lowest BCUT2D eigenvalue weighted by Crippen LogP contribution is -2.51. The van der Waals surface area contributed by atoms with Crippen molar-refractivity contribution < 1.29 is 27.5 Å². The van der Waals surface area contributed by atoms with Crippen LogP contribution >= 0.6 is 0 Å². The average molecular weight is 445 g/mol. The summed E-state index contributed by atoms with van der Waals surface area (Å²) in [5.41, 5.74) is -0.180. The van der Waals surface area contributed by atoms with E-state index < -0.39 is 29.0 Å². The van der Waals surface area contributed by atoms with E-state index in [9.17, 15) is 22.8 Å². The number of hydrogen-bond donors (Lipinski definition) is 1. The van der Waals surface area contributed by atoms with E-state index in [0.29, 0.717) is 36.3 Å². The largest absolute Gasteiger partial charge is 0.497 e. The molecule has 1 spiro atoms. The Hall–Kier alpha value is -3.36. The lowest BCUT2D eigenvalue weighted by atomic mass is 9.88. The maximum atomic E-state index is 13.5. The molecule has 168 valence electrons. The molecule has 0 saturated heterocycles. The van der Waals surface area contributed by atoms with Crippen molar-refractivity contribution >= 4 is 23.2 Å². The summed E-state index contributed by atoms with van der Waals surface area (Å²) in [4.78, 5) is 32.1. The summed E-state index contributed by atoms with van der Waals surface area (Å²) < 4.78 is 45.3. The van der Waals surface area contributed by atoms with Crippen LogP contribution in [0, 0.1) is 17.5 Å². The predicted octanol–water partition coefficient (Wildman–Crippen LogP) is 4.04. The fourth-order valence-corrected chi connectivity index (χ4v) is 4.26. The first-order chi connectivity index (χ1) is 15.3. The molecule has 4 rings (SSSR count). The van der Waals surface area contributed by atoms with Crippen LogP contribution in [0.5, 0.6) is 5.75 Å². The summed E-state index contributed by atoms with van der Waals surface area (Å²) in [6, 6.07) is 8.31. The Bertz CT molecular complexity index is 1060. The molecule has 1 aliphatic heterocycles. The van der Waals surface area contributed by atoms with Gasteiger partial charge in [-0.25, -0.2) is 13.2 Å². The number of rotatable bonds is 5. The first-order valence-corrected chi connectivity index (χ1v) is 10.3. The van der Waals surface area contributed by atoms with E-state index in [1.165, 1.54) is 4.90 Å². The molecule has 0 radical (unpaired) electrons. The van der Waals surface area contributed by atoms with E-state index in [1.807, 2.05) is 0 Å². The highest BCUT2D eigenvalue weighted by Gasteiger charge is 2.48. The molecule has 0 bridgehead atoms. The van der Waals surface area contributed by atoms with E-state index in [1.54, 1.807) is 31.4 Å². The van der Waals surface area contributed by atoms with Crippen molar-refractivity contribution in [1.82, 2.24) is 4.90 Å². The van der Waals surface area contributed by atoms with Crippen LogP contribution in [0.15, 0.2) is 41.4 Å². The molecule has 1 fully saturated rings. The van der Waals surface area contributed by atoms with Crippen molar-refractivity contribution in [2.24, 2.45) is 4.99 Å². The second kappa shape index (κ2) is 8.64. The van der Waals surface area contributed by atoms with Gasteiger partial charge in [0.2, 0.25) is 5.91 Å². The highest BCUT2D eigenvalue weighted by atomic mass is 19.2. The second-order valence-corrected chi connectivity index (χ2v) is 7.93. The number of benzene rings is 2. The minimum atomic E-state index is -1.61. The van der Waals surface area contributed by atoms with Gasteiger partial charge < -0.3 is 15.0 Å². The van der Waals surface area contributed by atoms with Gasteiger partial charge in [-0.05, 0) is 49.9 Å². The normalized spacial score (nSPS) is 17.4. The van der Waals surface area contributed by atoms with Gasteiger partial charge in [-0.1, -0.05) is 6.42 Å². The first-order valence-electron chi connectivity index (χ1n) is 10.3. The predicted molar refractivity (Wildman–Crippen MR) is 112 cm³/mol. The number of carbonyl (C=O) groups excluding carboxylic acids is 2. The van der Waals surface area contributed by atoms with Gasteiger partial charge in [0, 0.05) is 23.4 Å². The number of aliphatic imine (C=N–C) groups is 1. The lowest BCUT2D eigenvalue weighted by Gasteiger charge is -2.38. The molecular weight excluding hydrogens is 423 g/mol. The Morgan fingerprint density at radius 1 is 1.09 bits per heavy atom. The average Bonchev–Trinajstić information content (AvgIpc) is 3.04. The Morgan fingerprint density at radius 3 is 2.31 bits per heavy atom. The molecule has 32 heavy (non-hydrogen) atoms. The molecule has 1 saturated carbocycles. The molecule has 0 unspecified atom stereocenters. The van der Waals surface area contributed by atoms with E-state index in [4.69, 9.17) is 9.73 Å². The summed E-state index contributed by atoms with van der Waals surface area (Å²) in [7, 11) is 1.55. The summed E-state index contributed by atoms with van der Waals surface area (Å²) >= 11 is 0. The Kier molecular flexibility index (Phi) is 5.90. The smallest absolute Gasteiger partial charge is 0.275 e. The molecular formula is C23H22F3N3O3. The highest BCUT2D eigenvalue weighted by Crippen LogP contribution is 2.39. The number of carbonyl (C=O) groups is 2. The quantitative estimate of drug-likeness (QED) is 0.706. The lowest BCUT2D eigenvalue weighted by molar-refractivity contribution is -0.134. The second-order valence-electron chi connectivity index (χ2n) is 7.93. The molecule has 1 aliphatic carbocycles. The SMILES string of the molecule is COc1ccc(C2=NC3(CCCCC3)N(CC(=O)Nc3cc(F)c(F)c(F)c3)C2=O)cc1. The molecule has 0 atom stereocenters. The van der Waals surface area contributed by atoms with Crippen molar-refractivity contribution in [3.63, 3.8) is 0 Å². The molecule has 0 aromatic heterocycles. The fourth-order valence-electron chi connectivity index (χ4n) is 4.26. The molecule has 1 N–H and O–H groups in total. The topological polar surface area (TPSA) is 71.0 Å². The van der Waals surface area contributed by atoms with Gasteiger partial charge in [0.1, 0.15) is 23.7 Å². The number of anilines is 1. The van der Waals surface area contributed by atoms with E-state index in [0.717, 1.165) is 19.3 Å². The van der Waals surface area contributed by atoms with Gasteiger partial charge in [-0.2, -0.15) is 0 Å². The highest BCUT2D eigenvalue weighted by molar-refractivity contribution is 6.47. The molecule has 2 amide bonds. The number of amides is 2. The minimum absolute atomic E-state index is 0.230. The number of halogens is 3. The third-order valence-corrected chi connectivity index (χ3v) is 5.86. The van der Waals surface area contributed by atoms with Crippen LogP contribution < -0.4 is 10.1 Å². The summed E-state index contributed by atoms with van der Waals surface area (Å²) in [5.74, 6) is -4.83. The van der Waals surface area contributed by atoms with E-state index in [-0.39, 0.29) is 23.9 Å². The van der Waals surface area contributed by atoms with Crippen LogP contribution in [0.4, 0.5) is 18.9 Å². The van der Waals surface area contributed by atoms with Crippen LogP contribution in [0.1, 0.15) is 37.7 Å². The number of ether oxygens (including phenoxy) is 1. The third kappa shape index (κ3) is 4.06. The van der Waals surface area contributed by atoms with E-state index in [2.05, 4.69) is 5.32 Å². The summed E-state index contributed by atoms with van der Waals surface area (Å²) in [6.45, 7) is -0.345. The standard InChI is InChI=1S/C23H22F3N3O3/c1-32-16-7-5-14(6-8-16)21-22(31)29(23(28-21)9-3-2-4-10-23)13-19(30)27-15-11-17(24)20(26)18(25)12-15/h5-8,11-12H,2-4,9-10,13H2,1H3,(H,27,30). The maximum Gasteiger partial charge on any atom is 0.275 e. The third-order valence-electron chi connectivity index (χ3n) is 5.86. The van der Waals surface area contributed by atoms with Crippen molar-refractivity contribution in [2.45, 2.75) is 37.8 Å². The fraction of sp³-hybridized carbons (Fsp3) is 0.348. The number of nitrogens with one attached hydrogen (secondary N) is 1. The van der Waals surface area contributed by atoms with Gasteiger partial charge in [0.05, 0.1) is 7.11 Å². The number of nitrogens with zero attached hydrogens (tertiary/aromatic N) is 2. The number of methoxy groups -OCH3 is 1. The molecule has 2 aromatic rings. The molecule has 2 aliphatic rings. The Labute approximate surface area is 183 Å². The van der Waals surface area contributed by atoms with E-state index >= 15 is 0 Å². The van der Waals surface area contributed by atoms with Gasteiger partial charge >= 0.3 is 0 Å². The zero-order valence-electron chi connectivity index (χ0n) is 17.5. The van der Waals surface area contributed by atoms with Crippen LogP contribution in [0.3, 0.4) is 0 Å². The van der Waals surface area contributed by atoms with Crippen molar-refractivity contribution in [3.8, 4) is 5.75 Å². The minimum Gasteiger partial charge on any atom is -0.497 e. The van der Waals surface area contributed by atoms with Gasteiger partial charge in [-0.15, -0.1) is 0 Å². The molecule has 2 aromatic carbocycles. The summed E-state index contributed by atoms with van der Waals surface area (Å²) in [6.07, 6.45) is 3.97. The Balaban J connectivity index is 1.58. The van der Waals surface area contributed by atoms with Crippen molar-refractivity contribution in [3.05, 3.63) is 59.4 Å². The zero-order valence-corrected chi connectivity index (χ0v) is 17.5. The first kappa shape index (κ1) is 21.9. The van der Waals surface area contributed by atoms with Crippen molar-refractivity contribution in [2.75, 3.05) is 19.0 Å². The van der Waals surface area contributed by atoms with Crippen molar-refractivity contribution in [1.29, 1.82) is 0 Å². The van der Waals surface area contributed by atoms with Gasteiger partial charge in [-0.3, -0.25) is 14.6 Å². The van der Waals surface area contributed by atoms with Gasteiger partial charge in [0.25, 0.3) is 5.91 Å². The molecule has 1 heterocycles. The maximum absolute atomic E-state index is 13.5. The van der Waals surface area contributed by atoms with Crippen LogP contribution in [-0.2, 0) is 9.59 Å². The number of hydrogen-bond acceptors (Lipinski definition) is 4. The monoisotopic (exact) mass is 445 g/mol. The zero-order chi connectivity index (χ0) is 22.9. The Morgan fingerprint density at radius 2 is 1.72 bits per heavy atom. The summed E-state index contributed by atoms with van der Waals surface area (Å²) in [5, 5.41) is 2.34. The van der Waals surface area contributed by atoms with Crippen LogP contribution in [0.2, 0.25) is 0 Å². The van der Waals surface area contributed by atoms with Crippen LogP contribution in [0.25, 0.3) is 0 Å². The molecule has 6 nitrogen and oxygen atoms in total.